The second kappa shape index (κ2) is 9.12. The van der Waals surface area contributed by atoms with Crippen LogP contribution < -0.4 is 15.1 Å². The third-order valence-corrected chi connectivity index (χ3v) is 5.43. The number of nitrogens with zero attached hydrogens (tertiary/aromatic N) is 2. The zero-order valence-corrected chi connectivity index (χ0v) is 15.7. The third-order valence-electron chi connectivity index (χ3n) is 5.43. The average molecular weight is 344 g/mol. The van der Waals surface area contributed by atoms with E-state index in [9.17, 15) is 4.79 Å². The van der Waals surface area contributed by atoms with E-state index in [-0.39, 0.29) is 5.91 Å². The number of hydrogen-bond donors (Lipinski definition) is 1. The Morgan fingerprint density at radius 1 is 0.960 bits per heavy atom. The molecule has 1 N–H and O–H groups in total. The molecule has 4 nitrogen and oxygen atoms in total. The second-order valence-electron chi connectivity index (χ2n) is 7.45. The van der Waals surface area contributed by atoms with Crippen molar-refractivity contribution in [1.82, 2.24) is 0 Å². The van der Waals surface area contributed by atoms with Gasteiger partial charge in [-0.1, -0.05) is 13.3 Å². The van der Waals surface area contributed by atoms with Gasteiger partial charge >= 0.3 is 0 Å². The number of hydrogen-bond acceptors (Lipinski definition) is 3. The molecule has 2 aliphatic rings. The monoisotopic (exact) mass is 343 g/mol. The quantitative estimate of drug-likeness (QED) is 0.806. The summed E-state index contributed by atoms with van der Waals surface area (Å²) in [5.41, 5.74) is 3.46. The maximum absolute atomic E-state index is 12.4. The van der Waals surface area contributed by atoms with Crippen LogP contribution in [0.15, 0.2) is 18.2 Å². The van der Waals surface area contributed by atoms with E-state index in [4.69, 9.17) is 0 Å². The molecule has 0 bridgehead atoms. The zero-order chi connectivity index (χ0) is 17.5. The van der Waals surface area contributed by atoms with Crippen LogP contribution in [0.2, 0.25) is 0 Å². The highest BCUT2D eigenvalue weighted by Crippen LogP contribution is 2.33. The molecule has 25 heavy (non-hydrogen) atoms. The molecule has 1 aromatic carbocycles. The number of nitrogens with one attached hydrogen (secondary N) is 1. The van der Waals surface area contributed by atoms with E-state index < -0.39 is 0 Å². The van der Waals surface area contributed by atoms with Gasteiger partial charge in [0.15, 0.2) is 0 Å². The fourth-order valence-electron chi connectivity index (χ4n) is 3.93. The van der Waals surface area contributed by atoms with Crippen LogP contribution in [-0.4, -0.2) is 32.1 Å². The summed E-state index contributed by atoms with van der Waals surface area (Å²) in [6, 6.07) is 6.68. The molecule has 4 heteroatoms. The van der Waals surface area contributed by atoms with Gasteiger partial charge in [-0.25, -0.2) is 0 Å². The summed E-state index contributed by atoms with van der Waals surface area (Å²) in [5, 5.41) is 3.21. The molecule has 0 radical (unpaired) electrons. The van der Waals surface area contributed by atoms with Crippen LogP contribution in [0.5, 0.6) is 0 Å². The molecule has 0 aromatic heterocycles. The molecule has 0 unspecified atom stereocenters. The summed E-state index contributed by atoms with van der Waals surface area (Å²) < 4.78 is 0. The highest BCUT2D eigenvalue weighted by atomic mass is 16.1. The van der Waals surface area contributed by atoms with Gasteiger partial charge in [0.05, 0.1) is 11.4 Å². The summed E-state index contributed by atoms with van der Waals surface area (Å²) in [5.74, 6) is 0.149. The minimum Gasteiger partial charge on any atom is -0.371 e. The van der Waals surface area contributed by atoms with Gasteiger partial charge < -0.3 is 15.1 Å². The number of carbonyl (C=O) groups excluding carboxylic acids is 1. The fourth-order valence-corrected chi connectivity index (χ4v) is 3.93. The average Bonchev–Trinajstić information content (AvgIpc) is 2.68. The molecule has 0 saturated carbocycles. The number of piperidine rings is 2. The van der Waals surface area contributed by atoms with Crippen LogP contribution in [0.25, 0.3) is 0 Å². The van der Waals surface area contributed by atoms with Crippen molar-refractivity contribution in [3.63, 3.8) is 0 Å². The maximum atomic E-state index is 12.4. The van der Waals surface area contributed by atoms with Gasteiger partial charge in [0.1, 0.15) is 0 Å². The van der Waals surface area contributed by atoms with Gasteiger partial charge in [-0.15, -0.1) is 0 Å². The Bertz CT molecular complexity index is 560. The van der Waals surface area contributed by atoms with E-state index in [0.717, 1.165) is 44.7 Å². The number of rotatable bonds is 6. The van der Waals surface area contributed by atoms with Crippen LogP contribution in [0.3, 0.4) is 0 Å². The van der Waals surface area contributed by atoms with Crippen LogP contribution in [0, 0.1) is 0 Å². The second-order valence-corrected chi connectivity index (χ2v) is 7.45. The lowest BCUT2D eigenvalue weighted by Crippen LogP contribution is -2.31. The minimum atomic E-state index is 0.149. The van der Waals surface area contributed by atoms with Gasteiger partial charge in [0, 0.05) is 38.3 Å². The molecule has 3 rings (SSSR count). The van der Waals surface area contributed by atoms with E-state index >= 15 is 0 Å². The molecule has 1 aromatic rings. The number of benzene rings is 1. The molecule has 1 amide bonds. The highest BCUT2D eigenvalue weighted by molar-refractivity contribution is 5.95. The minimum absolute atomic E-state index is 0.149. The number of anilines is 3. The van der Waals surface area contributed by atoms with E-state index in [1.54, 1.807) is 0 Å². The first-order valence-electron chi connectivity index (χ1n) is 10.2. The number of unbranched alkanes of at least 4 members (excludes halogenated alkanes) is 1. The van der Waals surface area contributed by atoms with Crippen molar-refractivity contribution in [2.24, 2.45) is 0 Å². The molecule has 2 aliphatic heterocycles. The predicted molar refractivity (Wildman–Crippen MR) is 107 cm³/mol. The standard InChI is InChI=1S/C21H33N3O/c1-2-3-10-21(25)22-19-17-18(23-13-6-4-7-14-23)11-12-20(19)24-15-8-5-9-16-24/h11-12,17H,2-10,13-16H2,1H3,(H,22,25). The lowest BCUT2D eigenvalue weighted by molar-refractivity contribution is -0.116. The van der Waals surface area contributed by atoms with E-state index in [1.165, 1.54) is 49.9 Å². The smallest absolute Gasteiger partial charge is 0.224 e. The van der Waals surface area contributed by atoms with E-state index in [0.29, 0.717) is 6.42 Å². The Balaban J connectivity index is 1.81. The van der Waals surface area contributed by atoms with Crippen molar-refractivity contribution in [1.29, 1.82) is 0 Å². The Morgan fingerprint density at radius 2 is 1.60 bits per heavy atom. The fraction of sp³-hybridized carbons (Fsp3) is 0.667. The van der Waals surface area contributed by atoms with Crippen LogP contribution in [0.4, 0.5) is 17.1 Å². The van der Waals surface area contributed by atoms with Crippen molar-refractivity contribution in [3.05, 3.63) is 18.2 Å². The van der Waals surface area contributed by atoms with E-state index in [1.807, 2.05) is 0 Å². The van der Waals surface area contributed by atoms with Gasteiger partial charge in [-0.2, -0.15) is 0 Å². The molecule has 0 aliphatic carbocycles. The molecular weight excluding hydrogens is 310 g/mol. The molecule has 2 saturated heterocycles. The van der Waals surface area contributed by atoms with Crippen LogP contribution in [-0.2, 0) is 4.79 Å². The van der Waals surface area contributed by atoms with Gasteiger partial charge in [0.25, 0.3) is 0 Å². The topological polar surface area (TPSA) is 35.6 Å². The molecule has 0 atom stereocenters. The normalized spacial score (nSPS) is 18.3. The summed E-state index contributed by atoms with van der Waals surface area (Å²) in [6.45, 7) is 6.59. The molecule has 138 valence electrons. The lowest BCUT2D eigenvalue weighted by atomic mass is 10.1. The van der Waals surface area contributed by atoms with E-state index in [2.05, 4.69) is 40.2 Å². The summed E-state index contributed by atoms with van der Waals surface area (Å²) >= 11 is 0. The molecule has 2 heterocycles. The Kier molecular flexibility index (Phi) is 6.60. The van der Waals surface area contributed by atoms with Gasteiger partial charge in [-0.3, -0.25) is 4.79 Å². The van der Waals surface area contributed by atoms with Crippen molar-refractivity contribution < 1.29 is 4.79 Å². The lowest BCUT2D eigenvalue weighted by Gasteiger charge is -2.33. The Hall–Kier alpha value is -1.71. The first kappa shape index (κ1) is 18.1. The third kappa shape index (κ3) is 4.90. The Morgan fingerprint density at radius 3 is 2.24 bits per heavy atom. The predicted octanol–water partition coefficient (Wildman–Crippen LogP) is 4.80. The van der Waals surface area contributed by atoms with Gasteiger partial charge in [0.2, 0.25) is 5.91 Å². The summed E-state index contributed by atoms with van der Waals surface area (Å²) in [7, 11) is 0. The van der Waals surface area contributed by atoms with Crippen molar-refractivity contribution in [2.45, 2.75) is 64.7 Å². The zero-order valence-electron chi connectivity index (χ0n) is 15.7. The van der Waals surface area contributed by atoms with Crippen LogP contribution in [0.1, 0.15) is 64.7 Å². The van der Waals surface area contributed by atoms with Crippen molar-refractivity contribution in [3.8, 4) is 0 Å². The van der Waals surface area contributed by atoms with Gasteiger partial charge in [-0.05, 0) is 63.1 Å². The highest BCUT2D eigenvalue weighted by Gasteiger charge is 2.18. The molecule has 0 spiro atoms. The summed E-state index contributed by atoms with van der Waals surface area (Å²) in [6.07, 6.45) is 10.3. The first-order valence-corrected chi connectivity index (χ1v) is 10.2. The number of amides is 1. The van der Waals surface area contributed by atoms with Crippen molar-refractivity contribution >= 4 is 23.0 Å². The van der Waals surface area contributed by atoms with Crippen LogP contribution >= 0.6 is 0 Å². The largest absolute Gasteiger partial charge is 0.371 e. The molecular formula is C21H33N3O. The summed E-state index contributed by atoms with van der Waals surface area (Å²) in [4.78, 5) is 17.3. The SMILES string of the molecule is CCCCC(=O)Nc1cc(N2CCCCC2)ccc1N1CCCCC1. The first-order chi connectivity index (χ1) is 12.3. The molecule has 2 fully saturated rings. The maximum Gasteiger partial charge on any atom is 0.224 e. The van der Waals surface area contributed by atoms with Crippen molar-refractivity contribution in [2.75, 3.05) is 41.3 Å². The Labute approximate surface area is 152 Å². The number of carbonyl (C=O) groups is 1.